The fourth-order valence-electron chi connectivity index (χ4n) is 2.33. The molecular formula is C19H21ClN2O4. The number of rotatable bonds is 8. The Labute approximate surface area is 157 Å². The van der Waals surface area contributed by atoms with Gasteiger partial charge in [-0.2, -0.15) is 0 Å². The Kier molecular flexibility index (Phi) is 7.59. The molecule has 0 atom stereocenters. The lowest BCUT2D eigenvalue weighted by molar-refractivity contribution is 0.0838. The molecule has 3 N–H and O–H groups in total. The molecule has 6 nitrogen and oxygen atoms in total. The molecule has 7 heteroatoms. The number of carbonyl (C=O) groups excluding carboxylic acids is 2. The van der Waals surface area contributed by atoms with Crippen LogP contribution in [0.3, 0.4) is 0 Å². The third-order valence-corrected chi connectivity index (χ3v) is 4.02. The number of nitrogens with one attached hydrogen (secondary N) is 2. The van der Waals surface area contributed by atoms with E-state index in [1.165, 1.54) is 0 Å². The second kappa shape index (κ2) is 9.91. The van der Waals surface area contributed by atoms with Crippen LogP contribution in [0.1, 0.15) is 20.7 Å². The third-order valence-electron chi connectivity index (χ3n) is 3.69. The van der Waals surface area contributed by atoms with Gasteiger partial charge in [0.05, 0.1) is 30.4 Å². The van der Waals surface area contributed by atoms with E-state index in [0.29, 0.717) is 29.3 Å². The number of halogens is 1. The van der Waals surface area contributed by atoms with Gasteiger partial charge in [-0.3, -0.25) is 9.59 Å². The highest BCUT2D eigenvalue weighted by Crippen LogP contribution is 2.25. The predicted octanol–water partition coefficient (Wildman–Crippen LogP) is 2.11. The molecule has 2 aromatic carbocycles. The minimum Gasteiger partial charge on any atom is -0.394 e. The maximum Gasteiger partial charge on any atom is 0.252 e. The van der Waals surface area contributed by atoms with E-state index in [1.54, 1.807) is 31.3 Å². The van der Waals surface area contributed by atoms with Gasteiger partial charge < -0.3 is 20.5 Å². The largest absolute Gasteiger partial charge is 0.394 e. The van der Waals surface area contributed by atoms with Gasteiger partial charge in [-0.25, -0.2) is 0 Å². The van der Waals surface area contributed by atoms with Crippen molar-refractivity contribution in [3.63, 3.8) is 0 Å². The van der Waals surface area contributed by atoms with Crippen LogP contribution < -0.4 is 10.6 Å². The molecule has 0 saturated heterocycles. The molecule has 0 aliphatic heterocycles. The molecule has 0 bridgehead atoms. The van der Waals surface area contributed by atoms with Crippen molar-refractivity contribution in [1.29, 1.82) is 0 Å². The summed E-state index contributed by atoms with van der Waals surface area (Å²) in [5.74, 6) is -0.456. The van der Waals surface area contributed by atoms with Crippen molar-refractivity contribution in [2.45, 2.75) is 0 Å². The molecule has 138 valence electrons. The van der Waals surface area contributed by atoms with Crippen molar-refractivity contribution in [2.24, 2.45) is 0 Å². The fourth-order valence-corrected chi connectivity index (χ4v) is 2.54. The Morgan fingerprint density at radius 2 is 1.73 bits per heavy atom. The minimum atomic E-state index is -0.253. The van der Waals surface area contributed by atoms with Gasteiger partial charge in [0.2, 0.25) is 0 Å². The van der Waals surface area contributed by atoms with Crippen molar-refractivity contribution in [1.82, 2.24) is 10.6 Å². The van der Waals surface area contributed by atoms with Gasteiger partial charge in [0.15, 0.2) is 0 Å². The molecule has 0 heterocycles. The molecule has 0 radical (unpaired) electrons. The van der Waals surface area contributed by atoms with Gasteiger partial charge >= 0.3 is 0 Å². The molecule has 2 amide bonds. The first-order valence-electron chi connectivity index (χ1n) is 8.15. The van der Waals surface area contributed by atoms with Crippen molar-refractivity contribution in [3.05, 3.63) is 58.6 Å². The van der Waals surface area contributed by atoms with Gasteiger partial charge in [0, 0.05) is 19.2 Å². The Balaban J connectivity index is 2.05. The van der Waals surface area contributed by atoms with Crippen molar-refractivity contribution >= 4 is 23.4 Å². The maximum absolute atomic E-state index is 12.1. The molecular weight excluding hydrogens is 356 g/mol. The number of hydrogen-bond donors (Lipinski definition) is 3. The summed E-state index contributed by atoms with van der Waals surface area (Å²) in [4.78, 5) is 23.9. The molecule has 0 spiro atoms. The number of amides is 2. The number of carbonyl (C=O) groups is 2. The third kappa shape index (κ3) is 5.29. The molecule has 0 fully saturated rings. The van der Waals surface area contributed by atoms with Crippen LogP contribution in [-0.2, 0) is 4.74 Å². The first-order valence-corrected chi connectivity index (χ1v) is 8.53. The quantitative estimate of drug-likeness (QED) is 0.616. The van der Waals surface area contributed by atoms with Crippen LogP contribution in [0.25, 0.3) is 11.1 Å². The number of benzene rings is 2. The second-order valence-corrected chi connectivity index (χ2v) is 5.85. The minimum absolute atomic E-state index is 0.0399. The lowest BCUT2D eigenvalue weighted by atomic mass is 10.0. The summed E-state index contributed by atoms with van der Waals surface area (Å²) in [6.07, 6.45) is 0. The molecule has 2 rings (SSSR count). The summed E-state index contributed by atoms with van der Waals surface area (Å²) in [5.41, 5.74) is 2.62. The normalized spacial score (nSPS) is 10.4. The first kappa shape index (κ1) is 19.9. The van der Waals surface area contributed by atoms with E-state index >= 15 is 0 Å². The standard InChI is InChI=1S/C19H21ClN2O4/c1-21-19(25)16-12-15(6-7-17(16)20)13-2-4-14(5-3-13)18(24)22-8-10-26-11-9-23/h2-7,12,23H,8-11H2,1H3,(H,21,25)(H,22,24). The maximum atomic E-state index is 12.1. The van der Waals surface area contributed by atoms with Crippen molar-refractivity contribution in [3.8, 4) is 11.1 Å². The Morgan fingerprint density at radius 1 is 1.04 bits per heavy atom. The van der Waals surface area contributed by atoms with Crippen LogP contribution in [0.4, 0.5) is 0 Å². The molecule has 0 aromatic heterocycles. The number of hydrogen-bond acceptors (Lipinski definition) is 4. The van der Waals surface area contributed by atoms with Gasteiger partial charge in [0.25, 0.3) is 11.8 Å². The number of ether oxygens (including phenoxy) is 1. The zero-order chi connectivity index (χ0) is 18.9. The highest BCUT2D eigenvalue weighted by Gasteiger charge is 2.11. The van der Waals surface area contributed by atoms with E-state index in [-0.39, 0.29) is 25.0 Å². The summed E-state index contributed by atoms with van der Waals surface area (Å²) in [6.45, 7) is 0.927. The van der Waals surface area contributed by atoms with Crippen LogP contribution in [-0.4, -0.2) is 50.3 Å². The SMILES string of the molecule is CNC(=O)c1cc(-c2ccc(C(=O)NCCOCCO)cc2)ccc1Cl. The van der Waals surface area contributed by atoms with E-state index in [4.69, 9.17) is 21.4 Å². The van der Waals surface area contributed by atoms with Gasteiger partial charge in [-0.05, 0) is 35.4 Å². The van der Waals surface area contributed by atoms with E-state index in [9.17, 15) is 9.59 Å². The molecule has 0 saturated carbocycles. The van der Waals surface area contributed by atoms with E-state index in [0.717, 1.165) is 11.1 Å². The van der Waals surface area contributed by atoms with Crippen LogP contribution >= 0.6 is 11.6 Å². The zero-order valence-corrected chi connectivity index (χ0v) is 15.2. The summed E-state index contributed by atoms with van der Waals surface area (Å²) in [5, 5.41) is 14.3. The van der Waals surface area contributed by atoms with Gasteiger partial charge in [0.1, 0.15) is 0 Å². The molecule has 0 aliphatic rings. The first-order chi connectivity index (χ1) is 12.6. The summed E-state index contributed by atoms with van der Waals surface area (Å²) in [7, 11) is 1.55. The number of aliphatic hydroxyl groups excluding tert-OH is 1. The highest BCUT2D eigenvalue weighted by atomic mass is 35.5. The molecule has 2 aromatic rings. The molecule has 26 heavy (non-hydrogen) atoms. The van der Waals surface area contributed by atoms with Crippen LogP contribution in [0.5, 0.6) is 0 Å². The van der Waals surface area contributed by atoms with E-state index < -0.39 is 0 Å². The molecule has 0 unspecified atom stereocenters. The smallest absolute Gasteiger partial charge is 0.252 e. The summed E-state index contributed by atoms with van der Waals surface area (Å²) < 4.78 is 5.09. The lowest BCUT2D eigenvalue weighted by Crippen LogP contribution is -2.27. The number of aliphatic hydroxyl groups is 1. The van der Waals surface area contributed by atoms with Crippen molar-refractivity contribution in [2.75, 3.05) is 33.4 Å². The zero-order valence-electron chi connectivity index (χ0n) is 14.4. The summed E-state index contributed by atoms with van der Waals surface area (Å²) in [6, 6.07) is 12.3. The summed E-state index contributed by atoms with van der Waals surface area (Å²) >= 11 is 6.07. The Bertz CT molecular complexity index is 763. The van der Waals surface area contributed by atoms with Crippen LogP contribution in [0, 0.1) is 0 Å². The Morgan fingerprint density at radius 3 is 2.38 bits per heavy atom. The predicted molar refractivity (Wildman–Crippen MR) is 101 cm³/mol. The van der Waals surface area contributed by atoms with Gasteiger partial charge in [-0.1, -0.05) is 29.8 Å². The fraction of sp³-hybridized carbons (Fsp3) is 0.263. The van der Waals surface area contributed by atoms with E-state index in [1.807, 2.05) is 18.2 Å². The van der Waals surface area contributed by atoms with E-state index in [2.05, 4.69) is 10.6 Å². The van der Waals surface area contributed by atoms with Gasteiger partial charge in [-0.15, -0.1) is 0 Å². The second-order valence-electron chi connectivity index (χ2n) is 5.44. The average Bonchev–Trinajstić information content (AvgIpc) is 2.67. The lowest BCUT2D eigenvalue weighted by Gasteiger charge is -2.09. The average molecular weight is 377 g/mol. The monoisotopic (exact) mass is 376 g/mol. The molecule has 0 aliphatic carbocycles. The Hall–Kier alpha value is -2.41. The van der Waals surface area contributed by atoms with Crippen molar-refractivity contribution < 1.29 is 19.4 Å². The van der Waals surface area contributed by atoms with Crippen LogP contribution in [0.15, 0.2) is 42.5 Å². The van der Waals surface area contributed by atoms with Crippen LogP contribution in [0.2, 0.25) is 5.02 Å². The highest BCUT2D eigenvalue weighted by molar-refractivity contribution is 6.34. The topological polar surface area (TPSA) is 87.7 Å².